The molecule has 0 amide bonds. The monoisotopic (exact) mass is 409 g/mol. The van der Waals surface area contributed by atoms with Gasteiger partial charge in [0, 0.05) is 24.5 Å². The number of aromatic nitrogens is 5. The molecule has 0 fully saturated rings. The second-order valence-corrected chi connectivity index (χ2v) is 8.50. The third-order valence-electron chi connectivity index (χ3n) is 5.51. The van der Waals surface area contributed by atoms with Crippen LogP contribution in [0.15, 0.2) is 30.3 Å². The van der Waals surface area contributed by atoms with Gasteiger partial charge >= 0.3 is 0 Å². The molecule has 0 unspecified atom stereocenters. The number of nitrogens with one attached hydrogen (secondary N) is 1. The Bertz CT molecular complexity index is 1140. The summed E-state index contributed by atoms with van der Waals surface area (Å²) in [6.07, 6.45) is 1.77. The summed E-state index contributed by atoms with van der Waals surface area (Å²) in [5.41, 5.74) is 2.66. The highest BCUT2D eigenvalue weighted by atomic mass is 32.1. The molecule has 9 heteroatoms. The predicted octanol–water partition coefficient (Wildman–Crippen LogP) is 2.48. The van der Waals surface area contributed by atoms with E-state index in [0.717, 1.165) is 48.5 Å². The summed E-state index contributed by atoms with van der Waals surface area (Å²) in [5.74, 6) is 1.25. The predicted molar refractivity (Wildman–Crippen MR) is 113 cm³/mol. The number of nitrogens with zero attached hydrogens (tertiary/aromatic N) is 6. The van der Waals surface area contributed by atoms with Crippen molar-refractivity contribution < 1.29 is 5.11 Å². The normalized spacial score (nSPS) is 15.7. The van der Waals surface area contributed by atoms with Crippen molar-refractivity contribution in [3.05, 3.63) is 46.3 Å². The molecule has 2 N–H and O–H groups in total. The number of tetrazole rings is 1. The Morgan fingerprint density at radius 3 is 2.93 bits per heavy atom. The maximum Gasteiger partial charge on any atom is 0.276 e. The molecule has 0 aliphatic carbocycles. The highest BCUT2D eigenvalue weighted by molar-refractivity contribution is 7.19. The van der Waals surface area contributed by atoms with Crippen LogP contribution in [0.1, 0.15) is 29.3 Å². The molecule has 0 bridgehead atoms. The Labute approximate surface area is 172 Å². The van der Waals surface area contributed by atoms with Gasteiger partial charge in [-0.1, -0.05) is 42.4 Å². The van der Waals surface area contributed by atoms with Crippen LogP contribution in [0.5, 0.6) is 0 Å². The van der Waals surface area contributed by atoms with Gasteiger partial charge < -0.3 is 10.4 Å². The minimum Gasteiger partial charge on any atom is -0.394 e. The summed E-state index contributed by atoms with van der Waals surface area (Å²) in [5, 5.41) is 26.2. The van der Waals surface area contributed by atoms with Gasteiger partial charge in [-0.15, -0.1) is 11.3 Å². The average molecular weight is 410 g/mol. The van der Waals surface area contributed by atoms with E-state index in [1.807, 2.05) is 6.92 Å². The standard InChI is InChI=1S/C20H23N7OS/c1-2-14(12-28)21-18-17-15-8-9-26(10-13-6-4-3-5-7-13)11-16(15)29-19(17)27-20(22-18)23-24-25-27/h3-7,14,28H,2,8-12H2,1H3,(H,21,22,23,25)/t14-/m0/s1. The topological polar surface area (TPSA) is 91.5 Å². The average Bonchev–Trinajstić information content (AvgIpc) is 3.36. The third kappa shape index (κ3) is 3.35. The van der Waals surface area contributed by atoms with Gasteiger partial charge in [-0.05, 0) is 34.4 Å². The van der Waals surface area contributed by atoms with Crippen LogP contribution in [0, 0.1) is 0 Å². The van der Waals surface area contributed by atoms with E-state index in [4.69, 9.17) is 0 Å². The van der Waals surface area contributed by atoms with Crippen molar-refractivity contribution >= 4 is 33.1 Å². The lowest BCUT2D eigenvalue weighted by Crippen LogP contribution is -2.29. The van der Waals surface area contributed by atoms with Crippen LogP contribution in [0.4, 0.5) is 5.82 Å². The van der Waals surface area contributed by atoms with Gasteiger partial charge in [0.25, 0.3) is 5.78 Å². The SMILES string of the molecule is CC[C@@H](CO)Nc1nc2nnnn2c2sc3c(c12)CCN(Cc1ccccc1)C3. The Morgan fingerprint density at radius 1 is 1.28 bits per heavy atom. The van der Waals surface area contributed by atoms with Crippen LogP contribution in [-0.4, -0.2) is 54.2 Å². The van der Waals surface area contributed by atoms with Gasteiger partial charge in [0.1, 0.15) is 10.6 Å². The van der Waals surface area contributed by atoms with Gasteiger partial charge in [-0.25, -0.2) is 0 Å². The van der Waals surface area contributed by atoms with Crippen molar-refractivity contribution in [3.63, 3.8) is 0 Å². The number of anilines is 1. The van der Waals surface area contributed by atoms with E-state index in [2.05, 4.69) is 61.1 Å². The van der Waals surface area contributed by atoms with E-state index in [-0.39, 0.29) is 12.6 Å². The molecule has 150 valence electrons. The summed E-state index contributed by atoms with van der Waals surface area (Å²) in [6, 6.07) is 10.5. The van der Waals surface area contributed by atoms with Crippen LogP contribution in [0.2, 0.25) is 0 Å². The zero-order valence-electron chi connectivity index (χ0n) is 16.2. The number of rotatable bonds is 6. The number of benzene rings is 1. The molecule has 1 aromatic carbocycles. The van der Waals surface area contributed by atoms with Crippen LogP contribution >= 0.6 is 11.3 Å². The lowest BCUT2D eigenvalue weighted by atomic mass is 10.0. The van der Waals surface area contributed by atoms with Crippen molar-refractivity contribution in [1.82, 2.24) is 29.9 Å². The first-order chi connectivity index (χ1) is 14.3. The number of aliphatic hydroxyl groups is 1. The van der Waals surface area contributed by atoms with Crippen molar-refractivity contribution in [2.75, 3.05) is 18.5 Å². The summed E-state index contributed by atoms with van der Waals surface area (Å²) in [4.78, 5) is 9.50. The van der Waals surface area contributed by atoms with Crippen LogP contribution < -0.4 is 5.32 Å². The first-order valence-electron chi connectivity index (χ1n) is 9.92. The first kappa shape index (κ1) is 18.4. The number of hydrogen-bond donors (Lipinski definition) is 2. The number of fused-ring (bicyclic) bond motifs is 5. The molecular formula is C20H23N7OS. The van der Waals surface area contributed by atoms with Gasteiger partial charge in [0.15, 0.2) is 0 Å². The molecule has 29 heavy (non-hydrogen) atoms. The van der Waals surface area contributed by atoms with Crippen molar-refractivity contribution in [1.29, 1.82) is 0 Å². The highest BCUT2D eigenvalue weighted by Crippen LogP contribution is 2.39. The van der Waals surface area contributed by atoms with E-state index in [1.54, 1.807) is 15.9 Å². The van der Waals surface area contributed by atoms with Crippen molar-refractivity contribution in [2.45, 2.75) is 38.9 Å². The minimum atomic E-state index is -0.0437. The number of hydrogen-bond acceptors (Lipinski definition) is 8. The van der Waals surface area contributed by atoms with Crippen molar-refractivity contribution in [2.24, 2.45) is 0 Å². The van der Waals surface area contributed by atoms with Crippen molar-refractivity contribution in [3.8, 4) is 0 Å². The second-order valence-electron chi connectivity index (χ2n) is 7.41. The quantitative estimate of drug-likeness (QED) is 0.505. The second kappa shape index (κ2) is 7.66. The van der Waals surface area contributed by atoms with E-state index in [9.17, 15) is 5.11 Å². The van der Waals surface area contributed by atoms with Gasteiger partial charge in [0.05, 0.1) is 18.0 Å². The van der Waals surface area contributed by atoms with E-state index < -0.39 is 0 Å². The van der Waals surface area contributed by atoms with E-state index >= 15 is 0 Å². The molecule has 4 aromatic rings. The smallest absolute Gasteiger partial charge is 0.276 e. The maximum atomic E-state index is 9.66. The van der Waals surface area contributed by atoms with E-state index in [0.29, 0.717) is 5.78 Å². The summed E-state index contributed by atoms with van der Waals surface area (Å²) in [6.45, 7) is 4.96. The zero-order valence-corrected chi connectivity index (χ0v) is 17.1. The van der Waals surface area contributed by atoms with Crippen LogP contribution in [-0.2, 0) is 19.5 Å². The fourth-order valence-corrected chi connectivity index (χ4v) is 5.26. The van der Waals surface area contributed by atoms with Crippen LogP contribution in [0.3, 0.4) is 0 Å². The summed E-state index contributed by atoms with van der Waals surface area (Å²) in [7, 11) is 0. The molecule has 0 radical (unpaired) electrons. The van der Waals surface area contributed by atoms with Gasteiger partial charge in [-0.3, -0.25) is 4.90 Å². The summed E-state index contributed by atoms with van der Waals surface area (Å²) >= 11 is 1.74. The molecule has 1 atom stereocenters. The zero-order chi connectivity index (χ0) is 19.8. The number of aliphatic hydroxyl groups excluding tert-OH is 1. The molecule has 4 heterocycles. The minimum absolute atomic E-state index is 0.0437. The third-order valence-corrected chi connectivity index (χ3v) is 6.71. The van der Waals surface area contributed by atoms with E-state index in [1.165, 1.54) is 16.0 Å². The molecule has 5 rings (SSSR count). The molecule has 0 saturated heterocycles. The first-order valence-corrected chi connectivity index (χ1v) is 10.7. The Balaban J connectivity index is 1.55. The molecule has 8 nitrogen and oxygen atoms in total. The fourth-order valence-electron chi connectivity index (χ4n) is 3.93. The number of thiophene rings is 1. The highest BCUT2D eigenvalue weighted by Gasteiger charge is 2.26. The Morgan fingerprint density at radius 2 is 2.14 bits per heavy atom. The Kier molecular flexibility index (Phi) is 4.86. The fraction of sp³-hybridized carbons (Fsp3) is 0.400. The lowest BCUT2D eigenvalue weighted by molar-refractivity contribution is 0.249. The van der Waals surface area contributed by atoms with Gasteiger partial charge in [-0.2, -0.15) is 9.50 Å². The molecule has 1 aliphatic heterocycles. The van der Waals surface area contributed by atoms with Gasteiger partial charge in [0.2, 0.25) is 0 Å². The molecular weight excluding hydrogens is 386 g/mol. The molecule has 0 saturated carbocycles. The van der Waals surface area contributed by atoms with Crippen LogP contribution in [0.25, 0.3) is 16.0 Å². The summed E-state index contributed by atoms with van der Waals surface area (Å²) < 4.78 is 1.73. The molecule has 0 spiro atoms. The Hall–Kier alpha value is -2.62. The largest absolute Gasteiger partial charge is 0.394 e. The maximum absolute atomic E-state index is 9.66. The molecule has 1 aliphatic rings. The molecule has 3 aromatic heterocycles. The lowest BCUT2D eigenvalue weighted by Gasteiger charge is -2.27.